The van der Waals surface area contributed by atoms with E-state index < -0.39 is 0 Å². The summed E-state index contributed by atoms with van der Waals surface area (Å²) in [6, 6.07) is 2.71. The first kappa shape index (κ1) is 16.2. The highest BCUT2D eigenvalue weighted by molar-refractivity contribution is 9.10. The monoisotopic (exact) mass is 333 g/mol. The second-order valence-corrected chi connectivity index (χ2v) is 6.24. The molecule has 1 rings (SSSR count). The minimum absolute atomic E-state index is 0.570. The Kier molecular flexibility index (Phi) is 8.94. The molecule has 0 saturated carbocycles. The molecule has 0 fully saturated rings. The molecule has 1 N–H and O–H groups in total. The van der Waals surface area contributed by atoms with Crippen molar-refractivity contribution in [2.75, 3.05) is 19.8 Å². The summed E-state index contributed by atoms with van der Waals surface area (Å²) in [4.78, 5) is 1.44. The lowest BCUT2D eigenvalue weighted by Crippen LogP contribution is -2.32. The predicted molar refractivity (Wildman–Crippen MR) is 83.5 cm³/mol. The van der Waals surface area contributed by atoms with Crippen molar-refractivity contribution < 1.29 is 4.74 Å². The molecule has 1 heterocycles. The minimum atomic E-state index is 0.570. The maximum atomic E-state index is 5.41. The van der Waals surface area contributed by atoms with Crippen LogP contribution in [0.1, 0.15) is 38.0 Å². The zero-order valence-corrected chi connectivity index (χ0v) is 13.8. The molecule has 4 heteroatoms. The molecule has 0 bridgehead atoms. The summed E-state index contributed by atoms with van der Waals surface area (Å²) in [5.74, 6) is 0. The summed E-state index contributed by atoms with van der Waals surface area (Å²) in [7, 11) is 0. The Morgan fingerprint density at radius 2 is 2.28 bits per heavy atom. The molecule has 0 aliphatic carbocycles. The van der Waals surface area contributed by atoms with E-state index in [-0.39, 0.29) is 0 Å². The molecule has 0 radical (unpaired) electrons. The van der Waals surface area contributed by atoms with Crippen LogP contribution >= 0.6 is 27.3 Å². The van der Waals surface area contributed by atoms with Crippen LogP contribution in [-0.4, -0.2) is 25.8 Å². The summed E-state index contributed by atoms with van der Waals surface area (Å²) in [6.07, 6.45) is 4.63. The Bertz CT molecular complexity index is 316. The number of hydrogen-bond donors (Lipinski definition) is 1. The van der Waals surface area contributed by atoms with Gasteiger partial charge in [-0.1, -0.05) is 6.92 Å². The van der Waals surface area contributed by atoms with Crippen molar-refractivity contribution >= 4 is 27.3 Å². The van der Waals surface area contributed by atoms with Crippen molar-refractivity contribution in [1.82, 2.24) is 5.32 Å². The van der Waals surface area contributed by atoms with Crippen molar-refractivity contribution in [3.8, 4) is 0 Å². The van der Waals surface area contributed by atoms with Gasteiger partial charge in [-0.2, -0.15) is 0 Å². The van der Waals surface area contributed by atoms with E-state index in [1.54, 1.807) is 0 Å². The molecule has 1 atom stereocenters. The van der Waals surface area contributed by atoms with Gasteiger partial charge in [0.25, 0.3) is 0 Å². The van der Waals surface area contributed by atoms with Crippen LogP contribution in [0.25, 0.3) is 0 Å². The fraction of sp³-hybridized carbons (Fsp3) is 0.714. The molecule has 104 valence electrons. The van der Waals surface area contributed by atoms with E-state index in [0.717, 1.165) is 32.6 Å². The molecule has 1 aromatic heterocycles. The van der Waals surface area contributed by atoms with Gasteiger partial charge in [-0.25, -0.2) is 0 Å². The summed E-state index contributed by atoms with van der Waals surface area (Å²) in [5.41, 5.74) is 0. The van der Waals surface area contributed by atoms with Crippen molar-refractivity contribution in [3.63, 3.8) is 0 Å². The van der Waals surface area contributed by atoms with E-state index in [0.29, 0.717) is 6.04 Å². The number of hydrogen-bond acceptors (Lipinski definition) is 3. The third-order valence-corrected chi connectivity index (χ3v) is 4.80. The minimum Gasteiger partial charge on any atom is -0.382 e. The molecule has 1 aromatic rings. The molecule has 2 nitrogen and oxygen atoms in total. The van der Waals surface area contributed by atoms with E-state index >= 15 is 0 Å². The second-order valence-electron chi connectivity index (χ2n) is 4.39. The maximum Gasteiger partial charge on any atom is 0.0466 e. The molecule has 0 aliphatic rings. The third kappa shape index (κ3) is 6.32. The largest absolute Gasteiger partial charge is 0.382 e. The Labute approximate surface area is 123 Å². The molecule has 18 heavy (non-hydrogen) atoms. The first-order valence-corrected chi connectivity index (χ1v) is 8.48. The van der Waals surface area contributed by atoms with E-state index in [4.69, 9.17) is 4.74 Å². The van der Waals surface area contributed by atoms with Crippen LogP contribution in [0.5, 0.6) is 0 Å². The first-order valence-electron chi connectivity index (χ1n) is 6.80. The summed E-state index contributed by atoms with van der Waals surface area (Å²) >= 11 is 5.45. The molecule has 0 aromatic carbocycles. The number of ether oxygens (including phenoxy) is 1. The molecule has 0 amide bonds. The lowest BCUT2D eigenvalue weighted by Gasteiger charge is -2.18. The van der Waals surface area contributed by atoms with Gasteiger partial charge in [-0.15, -0.1) is 11.3 Å². The third-order valence-electron chi connectivity index (χ3n) is 2.85. The van der Waals surface area contributed by atoms with E-state index in [1.807, 2.05) is 11.3 Å². The molecule has 1 unspecified atom stereocenters. The van der Waals surface area contributed by atoms with Crippen molar-refractivity contribution in [1.29, 1.82) is 0 Å². The normalized spacial score (nSPS) is 12.8. The average Bonchev–Trinajstić information content (AvgIpc) is 2.77. The number of halogens is 1. The van der Waals surface area contributed by atoms with E-state index in [2.05, 4.69) is 46.5 Å². The summed E-state index contributed by atoms with van der Waals surface area (Å²) in [5, 5.41) is 5.79. The Morgan fingerprint density at radius 3 is 2.89 bits per heavy atom. The van der Waals surface area contributed by atoms with Crippen LogP contribution < -0.4 is 5.32 Å². The van der Waals surface area contributed by atoms with Crippen LogP contribution in [0.3, 0.4) is 0 Å². The Balaban J connectivity index is 2.37. The maximum absolute atomic E-state index is 5.41. The van der Waals surface area contributed by atoms with Crippen molar-refractivity contribution in [2.45, 2.75) is 45.6 Å². The lowest BCUT2D eigenvalue weighted by atomic mass is 10.1. The smallest absolute Gasteiger partial charge is 0.0466 e. The van der Waals surface area contributed by atoms with Crippen LogP contribution in [0.4, 0.5) is 0 Å². The summed E-state index contributed by atoms with van der Waals surface area (Å²) < 4.78 is 6.66. The standard InChI is InChI=1S/C14H24BrNOS/c1-3-8-16-12(6-5-9-17-4-2)11-14-13(15)7-10-18-14/h7,10,12,16H,3-6,8-9,11H2,1-2H3. The molecular formula is C14H24BrNOS. The number of thiophene rings is 1. The van der Waals surface area contributed by atoms with E-state index in [1.165, 1.54) is 22.2 Å². The van der Waals surface area contributed by atoms with Gasteiger partial charge < -0.3 is 10.1 Å². The van der Waals surface area contributed by atoms with Crippen molar-refractivity contribution in [2.24, 2.45) is 0 Å². The van der Waals surface area contributed by atoms with Gasteiger partial charge in [0.15, 0.2) is 0 Å². The highest BCUT2D eigenvalue weighted by Gasteiger charge is 2.11. The summed E-state index contributed by atoms with van der Waals surface area (Å²) in [6.45, 7) is 7.07. The SMILES string of the molecule is CCCNC(CCCOCC)Cc1sccc1Br. The van der Waals surface area contributed by atoms with Crippen LogP contribution in [0.2, 0.25) is 0 Å². The quantitative estimate of drug-likeness (QED) is 0.646. The van der Waals surface area contributed by atoms with Crippen molar-refractivity contribution in [3.05, 3.63) is 20.8 Å². The topological polar surface area (TPSA) is 21.3 Å². The predicted octanol–water partition coefficient (Wildman–Crippen LogP) is 4.24. The second kappa shape index (κ2) is 9.96. The van der Waals surface area contributed by atoms with Gasteiger partial charge in [0, 0.05) is 28.6 Å². The van der Waals surface area contributed by atoms with Gasteiger partial charge in [-0.3, -0.25) is 0 Å². The molecular weight excluding hydrogens is 310 g/mol. The lowest BCUT2D eigenvalue weighted by molar-refractivity contribution is 0.140. The zero-order valence-electron chi connectivity index (χ0n) is 11.4. The molecule has 0 aliphatic heterocycles. The van der Waals surface area contributed by atoms with E-state index in [9.17, 15) is 0 Å². The molecule has 0 saturated heterocycles. The van der Waals surface area contributed by atoms with Gasteiger partial charge in [0.1, 0.15) is 0 Å². The Morgan fingerprint density at radius 1 is 1.44 bits per heavy atom. The van der Waals surface area contributed by atoms with Crippen LogP contribution in [0, 0.1) is 0 Å². The van der Waals surface area contributed by atoms with Gasteiger partial charge in [0.2, 0.25) is 0 Å². The highest BCUT2D eigenvalue weighted by Crippen LogP contribution is 2.24. The number of rotatable bonds is 10. The van der Waals surface area contributed by atoms with Gasteiger partial charge in [0.05, 0.1) is 0 Å². The first-order chi connectivity index (χ1) is 8.77. The van der Waals surface area contributed by atoms with Gasteiger partial charge in [-0.05, 0) is 66.5 Å². The Hall–Kier alpha value is 0.100. The fourth-order valence-electron chi connectivity index (χ4n) is 1.90. The fourth-order valence-corrected chi connectivity index (χ4v) is 3.49. The zero-order chi connectivity index (χ0) is 13.2. The number of nitrogens with one attached hydrogen (secondary N) is 1. The average molecular weight is 334 g/mol. The highest BCUT2D eigenvalue weighted by atomic mass is 79.9. The van der Waals surface area contributed by atoms with Gasteiger partial charge >= 0.3 is 0 Å². The van der Waals surface area contributed by atoms with Crippen LogP contribution in [0.15, 0.2) is 15.9 Å². The molecule has 0 spiro atoms. The van der Waals surface area contributed by atoms with Crippen LogP contribution in [-0.2, 0) is 11.2 Å².